The van der Waals surface area contributed by atoms with Gasteiger partial charge in [-0.15, -0.1) is 11.6 Å². The Bertz CT molecular complexity index is 405. The number of hydrogen-bond donors (Lipinski definition) is 1. The third-order valence-corrected chi connectivity index (χ3v) is 4.34. The maximum atomic E-state index is 6.10. The summed E-state index contributed by atoms with van der Waals surface area (Å²) in [5.74, 6) is 2.30. The van der Waals surface area contributed by atoms with Gasteiger partial charge in [0.05, 0.1) is 6.61 Å². The molecule has 2 rings (SSSR count). The van der Waals surface area contributed by atoms with Crippen LogP contribution in [0.25, 0.3) is 0 Å². The molecule has 0 aromatic heterocycles. The van der Waals surface area contributed by atoms with Gasteiger partial charge in [-0.2, -0.15) is 0 Å². The Balaban J connectivity index is 1.78. The van der Waals surface area contributed by atoms with E-state index in [-0.39, 0.29) is 5.54 Å². The van der Waals surface area contributed by atoms with Gasteiger partial charge in [0.1, 0.15) is 6.61 Å². The molecule has 4 heteroatoms. The molecule has 1 aliphatic rings. The first-order valence-corrected chi connectivity index (χ1v) is 7.99. The Morgan fingerprint density at radius 2 is 1.80 bits per heavy atom. The molecule has 3 nitrogen and oxygen atoms in total. The van der Waals surface area contributed by atoms with Crippen LogP contribution in [0, 0.1) is 0 Å². The highest BCUT2D eigenvalue weighted by Gasteiger charge is 2.31. The van der Waals surface area contributed by atoms with Crippen LogP contribution < -0.4 is 14.8 Å². The van der Waals surface area contributed by atoms with Crippen LogP contribution in [0.2, 0.25) is 0 Å². The molecule has 0 unspecified atom stereocenters. The first-order chi connectivity index (χ1) is 9.79. The van der Waals surface area contributed by atoms with E-state index in [0.717, 1.165) is 18.0 Å². The average Bonchev–Trinajstić information content (AvgIpc) is 2.95. The zero-order valence-corrected chi connectivity index (χ0v) is 12.9. The average molecular weight is 298 g/mol. The fourth-order valence-electron chi connectivity index (χ4n) is 2.73. The highest BCUT2D eigenvalue weighted by molar-refractivity contribution is 6.18. The lowest BCUT2D eigenvalue weighted by atomic mass is 10.0. The summed E-state index contributed by atoms with van der Waals surface area (Å²) in [4.78, 5) is 0. The van der Waals surface area contributed by atoms with Crippen molar-refractivity contribution in [1.82, 2.24) is 5.32 Å². The van der Waals surface area contributed by atoms with Crippen LogP contribution >= 0.6 is 11.6 Å². The largest absolute Gasteiger partial charge is 0.490 e. The van der Waals surface area contributed by atoms with E-state index < -0.39 is 0 Å². The van der Waals surface area contributed by atoms with Crippen LogP contribution in [0.1, 0.15) is 32.6 Å². The van der Waals surface area contributed by atoms with Gasteiger partial charge in [-0.1, -0.05) is 25.0 Å². The molecule has 1 aromatic carbocycles. The number of benzene rings is 1. The molecular weight excluding hydrogens is 274 g/mol. The molecule has 0 amide bonds. The Morgan fingerprint density at radius 3 is 2.40 bits per heavy atom. The fourth-order valence-corrected chi connectivity index (χ4v) is 3.09. The van der Waals surface area contributed by atoms with Gasteiger partial charge in [0.2, 0.25) is 0 Å². The molecule has 1 N–H and O–H groups in total. The van der Waals surface area contributed by atoms with Crippen molar-refractivity contribution in [1.29, 1.82) is 0 Å². The zero-order chi connectivity index (χ0) is 14.3. The lowest BCUT2D eigenvalue weighted by Gasteiger charge is -2.28. The van der Waals surface area contributed by atoms with Crippen molar-refractivity contribution in [2.45, 2.75) is 38.1 Å². The second kappa shape index (κ2) is 7.75. The van der Waals surface area contributed by atoms with E-state index in [1.54, 1.807) is 0 Å². The summed E-state index contributed by atoms with van der Waals surface area (Å²) >= 11 is 6.10. The molecule has 0 saturated heterocycles. The van der Waals surface area contributed by atoms with Crippen LogP contribution in [-0.4, -0.2) is 31.2 Å². The molecule has 1 aliphatic carbocycles. The second-order valence-electron chi connectivity index (χ2n) is 5.28. The van der Waals surface area contributed by atoms with Gasteiger partial charge in [-0.05, 0) is 31.9 Å². The number of halogens is 1. The zero-order valence-electron chi connectivity index (χ0n) is 12.2. The molecule has 1 fully saturated rings. The van der Waals surface area contributed by atoms with Crippen molar-refractivity contribution in [3.05, 3.63) is 24.3 Å². The number of alkyl halides is 1. The van der Waals surface area contributed by atoms with E-state index in [9.17, 15) is 0 Å². The standard InChI is InChI=1S/C16H24ClNO2/c1-2-19-14-7-3-4-8-15(14)20-12-11-18-16(13-17)9-5-6-10-16/h3-4,7-8,18H,2,5-6,9-13H2,1H3. The normalized spacial score (nSPS) is 17.1. The molecule has 0 heterocycles. The van der Waals surface area contributed by atoms with E-state index in [0.29, 0.717) is 19.1 Å². The van der Waals surface area contributed by atoms with Gasteiger partial charge in [0.15, 0.2) is 11.5 Å². The Labute approximate surface area is 126 Å². The third-order valence-electron chi connectivity index (χ3n) is 3.83. The van der Waals surface area contributed by atoms with Crippen LogP contribution in [-0.2, 0) is 0 Å². The summed E-state index contributed by atoms with van der Waals surface area (Å²) in [5, 5.41) is 3.57. The Kier molecular flexibility index (Phi) is 5.99. The molecule has 0 bridgehead atoms. The number of hydrogen-bond acceptors (Lipinski definition) is 3. The lowest BCUT2D eigenvalue weighted by Crippen LogP contribution is -2.46. The van der Waals surface area contributed by atoms with Crippen molar-refractivity contribution in [3.8, 4) is 11.5 Å². The minimum Gasteiger partial charge on any atom is -0.490 e. The highest BCUT2D eigenvalue weighted by atomic mass is 35.5. The predicted molar refractivity (Wildman–Crippen MR) is 83.0 cm³/mol. The second-order valence-corrected chi connectivity index (χ2v) is 5.54. The number of ether oxygens (including phenoxy) is 2. The smallest absolute Gasteiger partial charge is 0.161 e. The molecule has 1 saturated carbocycles. The van der Waals surface area contributed by atoms with Crippen molar-refractivity contribution < 1.29 is 9.47 Å². The van der Waals surface area contributed by atoms with Crippen LogP contribution in [0.4, 0.5) is 0 Å². The van der Waals surface area contributed by atoms with Crippen LogP contribution in [0.15, 0.2) is 24.3 Å². The van der Waals surface area contributed by atoms with Crippen LogP contribution in [0.3, 0.4) is 0 Å². The maximum absolute atomic E-state index is 6.10. The third kappa shape index (κ3) is 4.03. The fraction of sp³-hybridized carbons (Fsp3) is 0.625. The van der Waals surface area contributed by atoms with Crippen molar-refractivity contribution in [2.24, 2.45) is 0 Å². The summed E-state index contributed by atoms with van der Waals surface area (Å²) in [6.07, 6.45) is 4.89. The SMILES string of the molecule is CCOc1ccccc1OCCNC1(CCl)CCCC1. The van der Waals surface area contributed by atoms with E-state index in [1.165, 1.54) is 25.7 Å². The summed E-state index contributed by atoms with van der Waals surface area (Å²) in [6.45, 7) is 4.06. The minimum atomic E-state index is 0.129. The Morgan fingerprint density at radius 1 is 1.15 bits per heavy atom. The maximum Gasteiger partial charge on any atom is 0.161 e. The quantitative estimate of drug-likeness (QED) is 0.587. The van der Waals surface area contributed by atoms with Gasteiger partial charge in [0.25, 0.3) is 0 Å². The lowest BCUT2D eigenvalue weighted by molar-refractivity contribution is 0.258. The van der Waals surface area contributed by atoms with Gasteiger partial charge < -0.3 is 14.8 Å². The molecule has 0 radical (unpaired) electrons. The molecule has 112 valence electrons. The first-order valence-electron chi connectivity index (χ1n) is 7.45. The summed E-state index contributed by atoms with van der Waals surface area (Å²) < 4.78 is 11.4. The summed E-state index contributed by atoms with van der Waals surface area (Å²) in [5.41, 5.74) is 0.129. The topological polar surface area (TPSA) is 30.5 Å². The van der Waals surface area contributed by atoms with E-state index >= 15 is 0 Å². The molecule has 0 aliphatic heterocycles. The van der Waals surface area contributed by atoms with Crippen molar-refractivity contribution in [3.63, 3.8) is 0 Å². The van der Waals surface area contributed by atoms with Gasteiger partial charge in [-0.25, -0.2) is 0 Å². The number of rotatable bonds is 8. The monoisotopic (exact) mass is 297 g/mol. The number of nitrogens with one attached hydrogen (secondary N) is 1. The van der Waals surface area contributed by atoms with E-state index in [4.69, 9.17) is 21.1 Å². The number of para-hydroxylation sites is 2. The first kappa shape index (κ1) is 15.5. The van der Waals surface area contributed by atoms with Crippen molar-refractivity contribution >= 4 is 11.6 Å². The van der Waals surface area contributed by atoms with Gasteiger partial charge in [-0.3, -0.25) is 0 Å². The summed E-state index contributed by atoms with van der Waals surface area (Å²) in [6, 6.07) is 7.79. The minimum absolute atomic E-state index is 0.129. The molecule has 0 atom stereocenters. The highest BCUT2D eigenvalue weighted by Crippen LogP contribution is 2.30. The predicted octanol–water partition coefficient (Wildman–Crippen LogP) is 3.61. The van der Waals surface area contributed by atoms with Crippen LogP contribution in [0.5, 0.6) is 11.5 Å². The van der Waals surface area contributed by atoms with E-state index in [1.807, 2.05) is 31.2 Å². The van der Waals surface area contributed by atoms with Gasteiger partial charge in [0, 0.05) is 18.0 Å². The van der Waals surface area contributed by atoms with E-state index in [2.05, 4.69) is 5.32 Å². The van der Waals surface area contributed by atoms with Gasteiger partial charge >= 0.3 is 0 Å². The Hall–Kier alpha value is -0.930. The molecule has 1 aromatic rings. The van der Waals surface area contributed by atoms with Crippen molar-refractivity contribution in [2.75, 3.05) is 25.6 Å². The summed E-state index contributed by atoms with van der Waals surface area (Å²) in [7, 11) is 0. The molecule has 20 heavy (non-hydrogen) atoms. The molecule has 0 spiro atoms. The molecular formula is C16H24ClNO2.